The van der Waals surface area contributed by atoms with Crippen molar-refractivity contribution in [3.63, 3.8) is 0 Å². The van der Waals surface area contributed by atoms with E-state index in [0.717, 1.165) is 16.7 Å². The van der Waals surface area contributed by atoms with Crippen molar-refractivity contribution in [2.24, 2.45) is 0 Å². The van der Waals surface area contributed by atoms with Crippen LogP contribution in [0.25, 0.3) is 0 Å². The summed E-state index contributed by atoms with van der Waals surface area (Å²) in [4.78, 5) is 24.1. The van der Waals surface area contributed by atoms with Gasteiger partial charge in [-0.15, -0.1) is 0 Å². The summed E-state index contributed by atoms with van der Waals surface area (Å²) >= 11 is 0. The zero-order chi connectivity index (χ0) is 16.2. The second-order valence-corrected chi connectivity index (χ2v) is 5.72. The molecule has 116 valence electrons. The molecule has 2 atom stereocenters. The van der Waals surface area contributed by atoms with E-state index in [1.165, 1.54) is 6.08 Å². The highest BCUT2D eigenvalue weighted by atomic mass is 16.5. The number of carbonyl (C=O) groups excluding carboxylic acids is 2. The fourth-order valence-corrected chi connectivity index (χ4v) is 2.92. The van der Waals surface area contributed by atoms with E-state index < -0.39 is 6.10 Å². The molecule has 2 aromatic carbocycles. The van der Waals surface area contributed by atoms with Crippen LogP contribution in [0.4, 0.5) is 0 Å². The Hall–Kier alpha value is -2.68. The smallest absolute Gasteiger partial charge is 0.331 e. The van der Waals surface area contributed by atoms with E-state index in [4.69, 9.17) is 4.74 Å². The van der Waals surface area contributed by atoms with E-state index in [1.807, 2.05) is 61.5 Å². The number of rotatable bonds is 5. The van der Waals surface area contributed by atoms with Crippen LogP contribution >= 0.6 is 0 Å². The number of esters is 1. The zero-order valence-corrected chi connectivity index (χ0v) is 12.9. The fourth-order valence-electron chi connectivity index (χ4n) is 2.92. The van der Waals surface area contributed by atoms with E-state index in [1.54, 1.807) is 6.08 Å². The molecule has 0 unspecified atom stereocenters. The second-order valence-electron chi connectivity index (χ2n) is 5.72. The molecule has 0 bridgehead atoms. The molecule has 0 amide bonds. The van der Waals surface area contributed by atoms with Crippen LogP contribution in [-0.4, -0.2) is 17.9 Å². The number of aryl methyl sites for hydroxylation is 1. The van der Waals surface area contributed by atoms with Crippen molar-refractivity contribution >= 4 is 11.8 Å². The van der Waals surface area contributed by atoms with Gasteiger partial charge in [-0.05, 0) is 24.1 Å². The molecule has 3 rings (SSSR count). The van der Waals surface area contributed by atoms with Crippen LogP contribution in [0.3, 0.4) is 0 Å². The third-order valence-corrected chi connectivity index (χ3v) is 4.15. The molecule has 0 aliphatic carbocycles. The van der Waals surface area contributed by atoms with Crippen LogP contribution in [0.1, 0.15) is 33.8 Å². The third kappa shape index (κ3) is 3.39. The third-order valence-electron chi connectivity index (χ3n) is 4.15. The van der Waals surface area contributed by atoms with Crippen molar-refractivity contribution in [2.75, 3.05) is 0 Å². The van der Waals surface area contributed by atoms with Crippen LogP contribution in [0, 0.1) is 6.92 Å². The minimum Gasteiger partial charge on any atom is -0.454 e. The molecule has 0 fully saturated rings. The van der Waals surface area contributed by atoms with Gasteiger partial charge in [0.05, 0.1) is 0 Å². The lowest BCUT2D eigenvalue weighted by Crippen LogP contribution is -2.22. The average molecular weight is 306 g/mol. The predicted octanol–water partition coefficient (Wildman–Crippen LogP) is 3.83. The summed E-state index contributed by atoms with van der Waals surface area (Å²) in [5, 5.41) is 0. The number of Topliss-reactive ketones (excluding diaryl/α,β-unsaturated/α-hetero) is 1. The van der Waals surface area contributed by atoms with Gasteiger partial charge in [-0.2, -0.15) is 0 Å². The fraction of sp³-hybridized carbons (Fsp3) is 0.200. The number of hydrogen-bond acceptors (Lipinski definition) is 3. The van der Waals surface area contributed by atoms with Gasteiger partial charge in [0.2, 0.25) is 0 Å². The molecule has 1 heterocycles. The number of ketones is 1. The molecule has 3 heteroatoms. The second kappa shape index (κ2) is 6.61. The Morgan fingerprint density at radius 1 is 1.09 bits per heavy atom. The van der Waals surface area contributed by atoms with Gasteiger partial charge in [0.1, 0.15) is 6.10 Å². The first-order chi connectivity index (χ1) is 11.1. The molecule has 0 N–H and O–H groups in total. The Morgan fingerprint density at radius 3 is 2.43 bits per heavy atom. The van der Waals surface area contributed by atoms with Gasteiger partial charge in [-0.25, -0.2) is 4.79 Å². The summed E-state index contributed by atoms with van der Waals surface area (Å²) in [5.74, 6) is -0.460. The first-order valence-corrected chi connectivity index (χ1v) is 7.68. The summed E-state index contributed by atoms with van der Waals surface area (Å²) < 4.78 is 5.34. The van der Waals surface area contributed by atoms with Crippen LogP contribution in [0.15, 0.2) is 66.7 Å². The van der Waals surface area contributed by atoms with Crippen molar-refractivity contribution < 1.29 is 14.3 Å². The lowest BCUT2D eigenvalue weighted by atomic mass is 9.86. The molecule has 3 nitrogen and oxygen atoms in total. The molecule has 0 saturated carbocycles. The van der Waals surface area contributed by atoms with Crippen molar-refractivity contribution in [1.82, 2.24) is 0 Å². The number of ether oxygens (including phenoxy) is 1. The van der Waals surface area contributed by atoms with Gasteiger partial charge >= 0.3 is 5.97 Å². The van der Waals surface area contributed by atoms with Crippen LogP contribution < -0.4 is 0 Å². The molecule has 1 aliphatic heterocycles. The number of hydrogen-bond donors (Lipinski definition) is 0. The number of benzene rings is 2. The van der Waals surface area contributed by atoms with Crippen LogP contribution in [0.2, 0.25) is 0 Å². The molecule has 0 radical (unpaired) electrons. The molecule has 0 aromatic heterocycles. The van der Waals surface area contributed by atoms with Gasteiger partial charge in [0, 0.05) is 24.0 Å². The maximum absolute atomic E-state index is 12.7. The van der Waals surface area contributed by atoms with Crippen molar-refractivity contribution in [3.05, 3.63) is 83.4 Å². The van der Waals surface area contributed by atoms with Crippen LogP contribution in [-0.2, 0) is 9.53 Å². The maximum atomic E-state index is 12.7. The Balaban J connectivity index is 1.87. The lowest BCUT2D eigenvalue weighted by molar-refractivity contribution is -0.139. The molecule has 2 aromatic rings. The minimum absolute atomic E-state index is 0.0632. The van der Waals surface area contributed by atoms with Gasteiger partial charge in [0.25, 0.3) is 0 Å². The standard InChI is InChI=1S/C20H18O3/c1-14-7-5-6-10-16(14)18(21)13-17(15-8-3-2-4-9-15)19-11-12-20(22)23-19/h2-12,17,19H,13H2,1H3/t17-,19-/m0/s1. The summed E-state index contributed by atoms with van der Waals surface area (Å²) in [6, 6.07) is 17.3. The highest BCUT2D eigenvalue weighted by Gasteiger charge is 2.30. The van der Waals surface area contributed by atoms with Gasteiger partial charge in [-0.1, -0.05) is 54.6 Å². The highest BCUT2D eigenvalue weighted by molar-refractivity contribution is 5.98. The minimum atomic E-state index is -0.391. The van der Waals surface area contributed by atoms with E-state index in [0.29, 0.717) is 6.42 Å². The van der Waals surface area contributed by atoms with Crippen molar-refractivity contribution in [2.45, 2.75) is 25.4 Å². The predicted molar refractivity (Wildman–Crippen MR) is 88.3 cm³/mol. The Morgan fingerprint density at radius 2 is 1.78 bits per heavy atom. The maximum Gasteiger partial charge on any atom is 0.331 e. The summed E-state index contributed by atoms with van der Waals surface area (Å²) in [5.41, 5.74) is 2.68. The Bertz CT molecular complexity index is 746. The topological polar surface area (TPSA) is 43.4 Å². The number of carbonyl (C=O) groups is 2. The van der Waals surface area contributed by atoms with Crippen molar-refractivity contribution in [3.8, 4) is 0 Å². The van der Waals surface area contributed by atoms with E-state index in [9.17, 15) is 9.59 Å². The van der Waals surface area contributed by atoms with E-state index in [-0.39, 0.29) is 17.7 Å². The Kier molecular flexibility index (Phi) is 4.38. The molecular formula is C20H18O3. The summed E-state index contributed by atoms with van der Waals surface area (Å²) in [6.45, 7) is 1.93. The normalized spacial score (nSPS) is 17.8. The van der Waals surface area contributed by atoms with Crippen molar-refractivity contribution in [1.29, 1.82) is 0 Å². The first kappa shape index (κ1) is 15.2. The van der Waals surface area contributed by atoms with Gasteiger partial charge < -0.3 is 4.74 Å². The highest BCUT2D eigenvalue weighted by Crippen LogP contribution is 2.30. The number of cyclic esters (lactones) is 1. The summed E-state index contributed by atoms with van der Waals surface area (Å²) in [6.07, 6.45) is 3.08. The first-order valence-electron chi connectivity index (χ1n) is 7.68. The van der Waals surface area contributed by atoms with Gasteiger partial charge in [0.15, 0.2) is 5.78 Å². The zero-order valence-electron chi connectivity index (χ0n) is 12.9. The summed E-state index contributed by atoms with van der Waals surface area (Å²) in [7, 11) is 0. The molecule has 1 aliphatic rings. The quantitative estimate of drug-likeness (QED) is 0.623. The SMILES string of the molecule is Cc1ccccc1C(=O)C[C@@H](c1ccccc1)[C@@H]1C=CC(=O)O1. The molecular weight excluding hydrogens is 288 g/mol. The van der Waals surface area contributed by atoms with Crippen LogP contribution in [0.5, 0.6) is 0 Å². The average Bonchev–Trinajstić information content (AvgIpc) is 3.00. The molecule has 23 heavy (non-hydrogen) atoms. The van der Waals surface area contributed by atoms with E-state index in [2.05, 4.69) is 0 Å². The van der Waals surface area contributed by atoms with Gasteiger partial charge in [-0.3, -0.25) is 4.79 Å². The molecule has 0 saturated heterocycles. The lowest BCUT2D eigenvalue weighted by Gasteiger charge is -2.22. The molecule has 0 spiro atoms. The van der Waals surface area contributed by atoms with E-state index >= 15 is 0 Å². The largest absolute Gasteiger partial charge is 0.454 e. The Labute approximate surface area is 135 Å². The monoisotopic (exact) mass is 306 g/mol.